The number of carbonyl (C=O) groups is 1. The second-order valence-electron chi connectivity index (χ2n) is 11.3. The van der Waals surface area contributed by atoms with Gasteiger partial charge in [0, 0.05) is 59.5 Å². The van der Waals surface area contributed by atoms with Gasteiger partial charge in [0.25, 0.3) is 0 Å². The Bertz CT molecular complexity index is 1600. The first-order valence-electron chi connectivity index (χ1n) is 13.3. The maximum Gasteiger partial charge on any atom is 0.227 e. The fourth-order valence-electron chi connectivity index (χ4n) is 6.35. The number of fused-ring (bicyclic) bond motifs is 3. The van der Waals surface area contributed by atoms with E-state index in [1.165, 1.54) is 6.42 Å². The van der Waals surface area contributed by atoms with Crippen molar-refractivity contribution in [2.45, 2.75) is 44.7 Å². The van der Waals surface area contributed by atoms with Crippen molar-refractivity contribution in [1.82, 2.24) is 29.7 Å². The number of nitrogens with zero attached hydrogens (tertiary/aromatic N) is 6. The van der Waals surface area contributed by atoms with Gasteiger partial charge >= 0.3 is 0 Å². The quantitative estimate of drug-likeness (QED) is 0.345. The van der Waals surface area contributed by atoms with Gasteiger partial charge in [-0.25, -0.2) is 9.50 Å². The Morgan fingerprint density at radius 2 is 1.97 bits per heavy atom. The van der Waals surface area contributed by atoms with E-state index in [1.807, 2.05) is 50.9 Å². The zero-order chi connectivity index (χ0) is 27.3. The van der Waals surface area contributed by atoms with Crippen molar-refractivity contribution in [3.05, 3.63) is 67.4 Å². The lowest BCUT2D eigenvalue weighted by Gasteiger charge is -2.56. The molecule has 0 radical (unpaired) electrons. The summed E-state index contributed by atoms with van der Waals surface area (Å²) in [5.41, 5.74) is 4.84. The van der Waals surface area contributed by atoms with Crippen LogP contribution < -0.4 is 10.6 Å². The fourth-order valence-corrected chi connectivity index (χ4v) is 6.35. The van der Waals surface area contributed by atoms with Crippen LogP contribution in [0.25, 0.3) is 27.8 Å². The summed E-state index contributed by atoms with van der Waals surface area (Å²) in [7, 11) is 1.89. The number of nitrogens with one attached hydrogen (secondary N) is 2. The van der Waals surface area contributed by atoms with Gasteiger partial charge in [0.15, 0.2) is 0 Å². The Kier molecular flexibility index (Phi) is 5.98. The summed E-state index contributed by atoms with van der Waals surface area (Å²) in [5.74, 6) is 1.69. The largest absolute Gasteiger partial charge is 0.367 e. The Hall–Kier alpha value is -4.45. The van der Waals surface area contributed by atoms with Crippen molar-refractivity contribution < 1.29 is 4.79 Å². The topological polar surface area (TPSA) is 113 Å². The standard InChI is InChI=1S/C30H32N8O/c1-5-18(2)29(39)36-30(3)10-20-8-21(11-30)27(20)35-26-7-6-19(13-32-26)25-9-22(24-15-33-37(4)16-24)17-38-28(25)23(12-31)14-34-38/h5-7,9,13-18,20-21,27H,1,8,10-11H2,2-4H3,(H,32,35)(H,36,39). The van der Waals surface area contributed by atoms with Crippen molar-refractivity contribution in [3.63, 3.8) is 0 Å². The van der Waals surface area contributed by atoms with E-state index in [0.29, 0.717) is 23.4 Å². The number of rotatable bonds is 7. The molecule has 4 heterocycles. The average molecular weight is 521 g/mol. The highest BCUT2D eigenvalue weighted by atomic mass is 16.2. The van der Waals surface area contributed by atoms with Crippen LogP contribution in [0.15, 0.2) is 61.8 Å². The number of hydrogen-bond acceptors (Lipinski definition) is 6. The first kappa shape index (κ1) is 24.9. The molecule has 7 rings (SSSR count). The molecule has 0 aliphatic heterocycles. The zero-order valence-electron chi connectivity index (χ0n) is 22.4. The molecule has 39 heavy (non-hydrogen) atoms. The van der Waals surface area contributed by atoms with Crippen molar-refractivity contribution in [3.8, 4) is 28.3 Å². The molecule has 198 valence electrons. The summed E-state index contributed by atoms with van der Waals surface area (Å²) in [6, 6.07) is 8.73. The molecule has 9 heteroatoms. The summed E-state index contributed by atoms with van der Waals surface area (Å²) in [6.45, 7) is 7.79. The minimum Gasteiger partial charge on any atom is -0.367 e. The normalized spacial score (nSPS) is 24.4. The third kappa shape index (κ3) is 4.46. The highest BCUT2D eigenvalue weighted by Crippen LogP contribution is 2.51. The highest BCUT2D eigenvalue weighted by molar-refractivity contribution is 5.87. The van der Waals surface area contributed by atoms with Gasteiger partial charge in [0.05, 0.1) is 29.4 Å². The summed E-state index contributed by atoms with van der Waals surface area (Å²) >= 11 is 0. The van der Waals surface area contributed by atoms with E-state index >= 15 is 0 Å². The molecule has 4 aromatic rings. The molecule has 3 atom stereocenters. The monoisotopic (exact) mass is 520 g/mol. The molecule has 0 saturated heterocycles. The Morgan fingerprint density at radius 3 is 2.62 bits per heavy atom. The van der Waals surface area contributed by atoms with Gasteiger partial charge in [0.2, 0.25) is 5.91 Å². The molecule has 0 aromatic carbocycles. The lowest BCUT2D eigenvalue weighted by atomic mass is 9.55. The number of nitriles is 1. The summed E-state index contributed by atoms with van der Waals surface area (Å²) < 4.78 is 3.52. The number of hydrogen-bond donors (Lipinski definition) is 2. The van der Waals surface area contributed by atoms with Crippen molar-refractivity contribution in [2.75, 3.05) is 5.32 Å². The molecule has 3 aliphatic carbocycles. The van der Waals surface area contributed by atoms with Crippen LogP contribution in [0.3, 0.4) is 0 Å². The summed E-state index contributed by atoms with van der Waals surface area (Å²) in [6.07, 6.45) is 13.9. The van der Waals surface area contributed by atoms with E-state index in [-0.39, 0.29) is 17.4 Å². The van der Waals surface area contributed by atoms with Crippen LogP contribution in [-0.4, -0.2) is 41.9 Å². The number of anilines is 1. The predicted molar refractivity (Wildman–Crippen MR) is 149 cm³/mol. The van der Waals surface area contributed by atoms with Crippen LogP contribution in [0.1, 0.15) is 38.7 Å². The minimum atomic E-state index is -0.185. The fraction of sp³-hybridized carbons (Fsp3) is 0.367. The summed E-state index contributed by atoms with van der Waals surface area (Å²) in [4.78, 5) is 17.2. The van der Waals surface area contributed by atoms with Crippen LogP contribution in [0, 0.1) is 29.1 Å². The first-order valence-corrected chi connectivity index (χ1v) is 13.3. The van der Waals surface area contributed by atoms with E-state index < -0.39 is 0 Å². The van der Waals surface area contributed by atoms with E-state index in [2.05, 4.69) is 46.5 Å². The number of aryl methyl sites for hydroxylation is 1. The third-order valence-corrected chi connectivity index (χ3v) is 8.40. The molecule has 3 fully saturated rings. The van der Waals surface area contributed by atoms with Crippen LogP contribution in [-0.2, 0) is 11.8 Å². The molecule has 1 amide bonds. The van der Waals surface area contributed by atoms with E-state index in [9.17, 15) is 10.1 Å². The van der Waals surface area contributed by atoms with Gasteiger partial charge in [-0.1, -0.05) is 13.0 Å². The van der Waals surface area contributed by atoms with Gasteiger partial charge < -0.3 is 10.6 Å². The maximum absolute atomic E-state index is 12.5. The molecule has 0 spiro atoms. The number of amides is 1. The van der Waals surface area contributed by atoms with Crippen molar-refractivity contribution in [2.24, 2.45) is 24.8 Å². The first-order chi connectivity index (χ1) is 18.8. The van der Waals surface area contributed by atoms with Gasteiger partial charge in [0.1, 0.15) is 11.9 Å². The lowest BCUT2D eigenvalue weighted by Crippen LogP contribution is -2.63. The van der Waals surface area contributed by atoms with Gasteiger partial charge in [-0.2, -0.15) is 15.5 Å². The molecule has 3 aliphatic rings. The SMILES string of the molecule is C=CC(C)C(=O)NC1(C)CC2CC(C1)C2Nc1ccc(-c2cc(-c3cnn(C)c3)cn3ncc(C#N)c23)cn1. The second kappa shape index (κ2) is 9.38. The summed E-state index contributed by atoms with van der Waals surface area (Å²) in [5, 5.41) is 25.3. The smallest absolute Gasteiger partial charge is 0.227 e. The van der Waals surface area contributed by atoms with Gasteiger partial charge in [-0.05, 0) is 56.2 Å². The second-order valence-corrected chi connectivity index (χ2v) is 11.3. The van der Waals surface area contributed by atoms with Gasteiger partial charge in [-0.3, -0.25) is 9.48 Å². The Morgan fingerprint density at radius 1 is 1.18 bits per heavy atom. The van der Waals surface area contributed by atoms with Crippen LogP contribution >= 0.6 is 0 Å². The number of aromatic nitrogens is 5. The molecule has 3 saturated carbocycles. The Balaban J connectivity index is 1.22. The average Bonchev–Trinajstić information content (AvgIpc) is 3.56. The molecular formula is C30H32N8O. The molecular weight excluding hydrogens is 488 g/mol. The predicted octanol–water partition coefficient (Wildman–Crippen LogP) is 4.58. The molecule has 4 aromatic heterocycles. The van der Waals surface area contributed by atoms with Crippen molar-refractivity contribution in [1.29, 1.82) is 5.26 Å². The lowest BCUT2D eigenvalue weighted by molar-refractivity contribution is -0.127. The van der Waals surface area contributed by atoms with Gasteiger partial charge in [-0.15, -0.1) is 6.58 Å². The molecule has 2 bridgehead atoms. The van der Waals surface area contributed by atoms with Crippen LogP contribution in [0.5, 0.6) is 0 Å². The maximum atomic E-state index is 12.5. The van der Waals surface area contributed by atoms with Crippen molar-refractivity contribution >= 4 is 17.2 Å². The zero-order valence-corrected chi connectivity index (χ0v) is 22.4. The van der Waals surface area contributed by atoms with E-state index in [0.717, 1.165) is 46.4 Å². The third-order valence-electron chi connectivity index (χ3n) is 8.40. The van der Waals surface area contributed by atoms with Crippen LogP contribution in [0.4, 0.5) is 5.82 Å². The molecule has 2 N–H and O–H groups in total. The van der Waals surface area contributed by atoms with E-state index in [1.54, 1.807) is 21.5 Å². The highest BCUT2D eigenvalue weighted by Gasteiger charge is 2.52. The number of carbonyl (C=O) groups excluding carboxylic acids is 1. The van der Waals surface area contributed by atoms with Crippen LogP contribution in [0.2, 0.25) is 0 Å². The number of pyridine rings is 2. The molecule has 3 unspecified atom stereocenters. The minimum absolute atomic E-state index is 0.0509. The Labute approximate surface area is 227 Å². The van der Waals surface area contributed by atoms with E-state index in [4.69, 9.17) is 4.98 Å². The molecule has 9 nitrogen and oxygen atoms in total.